The van der Waals surface area contributed by atoms with Gasteiger partial charge in [0, 0.05) is 17.4 Å². The van der Waals surface area contributed by atoms with E-state index in [9.17, 15) is 14.7 Å². The number of carbonyl (C=O) groups excluding carboxylic acids is 1. The zero-order chi connectivity index (χ0) is 21.6. The van der Waals surface area contributed by atoms with E-state index < -0.39 is 12.0 Å². The first kappa shape index (κ1) is 20.2. The molecule has 1 amide bonds. The number of aliphatic hydroxyl groups is 1. The lowest BCUT2D eigenvalue weighted by Crippen LogP contribution is -2.42. The van der Waals surface area contributed by atoms with E-state index in [1.807, 2.05) is 24.3 Å². The van der Waals surface area contributed by atoms with Gasteiger partial charge in [0.15, 0.2) is 6.10 Å². The van der Waals surface area contributed by atoms with E-state index in [2.05, 4.69) is 33.0 Å². The van der Waals surface area contributed by atoms with E-state index in [1.165, 1.54) is 10.5 Å². The van der Waals surface area contributed by atoms with Crippen molar-refractivity contribution in [3.05, 3.63) is 97.6 Å². The maximum atomic E-state index is 12.9. The molecule has 158 valence electrons. The zero-order valence-corrected chi connectivity index (χ0v) is 18.4. The van der Waals surface area contributed by atoms with Crippen LogP contribution in [0.3, 0.4) is 0 Å². The van der Waals surface area contributed by atoms with Gasteiger partial charge in [0.1, 0.15) is 5.82 Å². The number of aromatic nitrogens is 2. The molecule has 1 atom stereocenters. The minimum absolute atomic E-state index is 0.153. The van der Waals surface area contributed by atoms with Crippen LogP contribution in [0.5, 0.6) is 0 Å². The molecule has 7 heteroatoms. The summed E-state index contributed by atoms with van der Waals surface area (Å²) in [5, 5.41) is 10.6. The molecule has 1 aromatic heterocycles. The number of aliphatic hydroxyl groups excluding tert-OH is 1. The standard InChI is InChI=1S/C24H22BrN3O3/c25-17-8-4-5-15(13-17)20(29)22(31)28-12-9-19-18(14-28)21(30)27-23(26-19)24(10-11-24)16-6-2-1-3-7-16/h1-8,13,20,29H,9-12,14H2,(H,26,27,30). The number of carbonyl (C=O) groups is 1. The predicted octanol–water partition coefficient (Wildman–Crippen LogP) is 3.23. The highest BCUT2D eigenvalue weighted by molar-refractivity contribution is 9.10. The molecule has 0 saturated heterocycles. The molecule has 1 aliphatic heterocycles. The molecule has 2 aromatic carbocycles. The molecule has 0 radical (unpaired) electrons. The third-order valence-corrected chi connectivity index (χ3v) is 6.80. The molecule has 0 spiro atoms. The fourth-order valence-corrected chi connectivity index (χ4v) is 4.79. The van der Waals surface area contributed by atoms with Crippen molar-refractivity contribution in [3.63, 3.8) is 0 Å². The first-order chi connectivity index (χ1) is 15.0. The van der Waals surface area contributed by atoms with Crippen LogP contribution in [0.2, 0.25) is 0 Å². The first-order valence-electron chi connectivity index (χ1n) is 10.4. The van der Waals surface area contributed by atoms with Crippen molar-refractivity contribution in [2.24, 2.45) is 0 Å². The van der Waals surface area contributed by atoms with Crippen molar-refractivity contribution in [2.45, 2.75) is 37.3 Å². The van der Waals surface area contributed by atoms with Gasteiger partial charge in [-0.3, -0.25) is 9.59 Å². The Bertz CT molecular complexity index is 1200. The Morgan fingerprint density at radius 3 is 2.65 bits per heavy atom. The highest BCUT2D eigenvalue weighted by atomic mass is 79.9. The molecule has 0 bridgehead atoms. The minimum atomic E-state index is -1.27. The van der Waals surface area contributed by atoms with Crippen molar-refractivity contribution in [1.29, 1.82) is 0 Å². The van der Waals surface area contributed by atoms with Gasteiger partial charge in [0.2, 0.25) is 0 Å². The molecule has 31 heavy (non-hydrogen) atoms. The number of amides is 1. The van der Waals surface area contributed by atoms with Crippen molar-refractivity contribution >= 4 is 21.8 Å². The second-order valence-electron chi connectivity index (χ2n) is 8.26. The van der Waals surface area contributed by atoms with Crippen LogP contribution in [0.25, 0.3) is 0 Å². The maximum Gasteiger partial charge on any atom is 0.256 e. The number of halogens is 1. The summed E-state index contributed by atoms with van der Waals surface area (Å²) < 4.78 is 0.793. The largest absolute Gasteiger partial charge is 0.378 e. The van der Waals surface area contributed by atoms with Crippen molar-refractivity contribution in [3.8, 4) is 0 Å². The zero-order valence-electron chi connectivity index (χ0n) is 16.8. The van der Waals surface area contributed by atoms with Gasteiger partial charge in [-0.05, 0) is 36.1 Å². The summed E-state index contributed by atoms with van der Waals surface area (Å²) in [7, 11) is 0. The number of hydrogen-bond donors (Lipinski definition) is 2. The van der Waals surface area contributed by atoms with Gasteiger partial charge >= 0.3 is 0 Å². The van der Waals surface area contributed by atoms with E-state index in [0.717, 1.165) is 28.8 Å². The predicted molar refractivity (Wildman–Crippen MR) is 120 cm³/mol. The molecule has 1 fully saturated rings. The van der Waals surface area contributed by atoms with Gasteiger partial charge in [0.25, 0.3) is 11.5 Å². The normalized spacial score (nSPS) is 17.7. The minimum Gasteiger partial charge on any atom is -0.378 e. The van der Waals surface area contributed by atoms with Gasteiger partial charge in [0.05, 0.1) is 23.2 Å². The SMILES string of the molecule is O=C(C(O)c1cccc(Br)c1)N1CCc2nc(C3(c4ccccc4)CC3)[nH]c(=O)c2C1. The fourth-order valence-electron chi connectivity index (χ4n) is 4.38. The smallest absolute Gasteiger partial charge is 0.256 e. The number of nitrogens with zero attached hydrogens (tertiary/aromatic N) is 2. The number of nitrogens with one attached hydrogen (secondary N) is 1. The molecule has 3 aromatic rings. The molecule has 2 aliphatic rings. The fraction of sp³-hybridized carbons (Fsp3) is 0.292. The number of aromatic amines is 1. The third kappa shape index (κ3) is 3.62. The summed E-state index contributed by atoms with van der Waals surface area (Å²) in [5.74, 6) is 0.312. The number of fused-ring (bicyclic) bond motifs is 1. The van der Waals surface area contributed by atoms with Crippen LogP contribution in [0.15, 0.2) is 63.9 Å². The molecular formula is C24H22BrN3O3. The first-order valence-corrected chi connectivity index (χ1v) is 11.2. The Hall–Kier alpha value is -2.77. The quantitative estimate of drug-likeness (QED) is 0.601. The molecular weight excluding hydrogens is 458 g/mol. The number of H-pyrrole nitrogens is 1. The summed E-state index contributed by atoms with van der Waals surface area (Å²) in [4.78, 5) is 35.2. The van der Waals surface area contributed by atoms with Crippen LogP contribution < -0.4 is 5.56 Å². The van der Waals surface area contributed by atoms with Gasteiger partial charge in [-0.15, -0.1) is 0 Å². The molecule has 1 aliphatic carbocycles. The summed E-state index contributed by atoms with van der Waals surface area (Å²) >= 11 is 3.36. The Morgan fingerprint density at radius 2 is 1.94 bits per heavy atom. The Labute approximate surface area is 188 Å². The average molecular weight is 480 g/mol. The topological polar surface area (TPSA) is 86.3 Å². The van der Waals surface area contributed by atoms with Crippen LogP contribution in [-0.2, 0) is 23.2 Å². The monoisotopic (exact) mass is 479 g/mol. The van der Waals surface area contributed by atoms with E-state index >= 15 is 0 Å². The summed E-state index contributed by atoms with van der Waals surface area (Å²) in [5.41, 5.74) is 2.54. The number of benzene rings is 2. The molecule has 1 saturated carbocycles. The Kier molecular flexibility index (Phi) is 5.02. The van der Waals surface area contributed by atoms with Crippen LogP contribution in [0, 0.1) is 0 Å². The maximum absolute atomic E-state index is 12.9. The van der Waals surface area contributed by atoms with E-state index in [4.69, 9.17) is 4.98 Å². The summed E-state index contributed by atoms with van der Waals surface area (Å²) in [6.07, 6.45) is 1.15. The van der Waals surface area contributed by atoms with Gasteiger partial charge in [-0.1, -0.05) is 58.4 Å². The van der Waals surface area contributed by atoms with Gasteiger partial charge in [-0.2, -0.15) is 0 Å². The molecule has 2 heterocycles. The van der Waals surface area contributed by atoms with Crippen LogP contribution in [0.1, 0.15) is 47.2 Å². The number of hydrogen-bond acceptors (Lipinski definition) is 4. The summed E-state index contributed by atoms with van der Waals surface area (Å²) in [6.45, 7) is 0.575. The van der Waals surface area contributed by atoms with Crippen molar-refractivity contribution in [2.75, 3.05) is 6.54 Å². The molecule has 1 unspecified atom stereocenters. The van der Waals surface area contributed by atoms with Crippen LogP contribution >= 0.6 is 15.9 Å². The Morgan fingerprint density at radius 1 is 1.16 bits per heavy atom. The lowest BCUT2D eigenvalue weighted by Gasteiger charge is -2.30. The van der Waals surface area contributed by atoms with E-state index in [0.29, 0.717) is 24.1 Å². The highest BCUT2D eigenvalue weighted by Crippen LogP contribution is 2.51. The highest BCUT2D eigenvalue weighted by Gasteiger charge is 2.48. The second kappa shape index (κ2) is 7.73. The van der Waals surface area contributed by atoms with Gasteiger partial charge in [-0.25, -0.2) is 4.98 Å². The lowest BCUT2D eigenvalue weighted by atomic mass is 9.94. The molecule has 2 N–H and O–H groups in total. The van der Waals surface area contributed by atoms with Crippen molar-refractivity contribution in [1.82, 2.24) is 14.9 Å². The van der Waals surface area contributed by atoms with Gasteiger partial charge < -0.3 is 15.0 Å². The third-order valence-electron chi connectivity index (χ3n) is 6.31. The molecule has 5 rings (SSSR count). The lowest BCUT2D eigenvalue weighted by molar-refractivity contribution is -0.141. The molecule has 6 nitrogen and oxygen atoms in total. The Balaban J connectivity index is 1.40. The van der Waals surface area contributed by atoms with Crippen molar-refractivity contribution < 1.29 is 9.90 Å². The van der Waals surface area contributed by atoms with Crippen LogP contribution in [-0.4, -0.2) is 32.4 Å². The number of rotatable bonds is 4. The van der Waals surface area contributed by atoms with E-state index in [-0.39, 0.29) is 17.5 Å². The van der Waals surface area contributed by atoms with E-state index in [1.54, 1.807) is 18.2 Å². The average Bonchev–Trinajstić information content (AvgIpc) is 3.61. The second-order valence-corrected chi connectivity index (χ2v) is 9.17. The van der Waals surface area contributed by atoms with Crippen LogP contribution in [0.4, 0.5) is 0 Å². The summed E-state index contributed by atoms with van der Waals surface area (Å²) in [6, 6.07) is 17.2.